The van der Waals surface area contributed by atoms with Crippen LogP contribution in [0, 0.1) is 17.0 Å². The van der Waals surface area contributed by atoms with Crippen LogP contribution in [0.2, 0.25) is 0 Å². The number of anilines is 2. The Morgan fingerprint density at radius 2 is 2.02 bits per heavy atom. The normalized spacial score (nSPS) is 20.3. The molecule has 0 bridgehead atoms. The van der Waals surface area contributed by atoms with Crippen LogP contribution in [0.4, 0.5) is 20.2 Å². The van der Waals surface area contributed by atoms with Gasteiger partial charge in [0.2, 0.25) is 5.43 Å². The van der Waals surface area contributed by atoms with E-state index in [2.05, 4.69) is 25.2 Å². The second-order valence-electron chi connectivity index (χ2n) is 10.8. The minimum Gasteiger partial charge on any atom is -0.477 e. The van der Waals surface area contributed by atoms with Gasteiger partial charge in [-0.25, -0.2) is 23.5 Å². The maximum atomic E-state index is 15.5. The van der Waals surface area contributed by atoms with Gasteiger partial charge in [-0.1, -0.05) is 0 Å². The average Bonchev–Trinajstić information content (AvgIpc) is 3.25. The standard InChI is InChI=1S/C28H25F2N7O3/c1-32-17-6-16(29)21(30)19-20-23(37-4-3-28(11-37)7-18(28)31)14(9-33-25(20)35-22(17)19)12-5-13-24(38)15(27(39)40)10-36(2)26(13)34-8-12/h5-6,8-10,18,32H,3-4,7,11,31H2,1-2H3,(H,33,35)(H,39,40)/t18-,28+/m0/s1. The number of H-pyrrole nitrogens is 1. The number of benzene rings is 1. The van der Waals surface area contributed by atoms with Gasteiger partial charge in [-0.3, -0.25) is 4.79 Å². The number of aryl methyl sites for hydroxylation is 1. The number of carbonyl (C=O) groups is 1. The van der Waals surface area contributed by atoms with Crippen LogP contribution < -0.4 is 21.4 Å². The predicted octanol–water partition coefficient (Wildman–Crippen LogP) is 3.58. The fourth-order valence-electron chi connectivity index (χ4n) is 6.28. The lowest BCUT2D eigenvalue weighted by atomic mass is 10.0. The maximum Gasteiger partial charge on any atom is 0.341 e. The summed E-state index contributed by atoms with van der Waals surface area (Å²) in [6, 6.07) is 2.76. The van der Waals surface area contributed by atoms with Crippen molar-refractivity contribution in [3.05, 3.63) is 58.1 Å². The number of nitrogens with one attached hydrogen (secondary N) is 2. The van der Waals surface area contributed by atoms with Gasteiger partial charge in [-0.15, -0.1) is 0 Å². The molecule has 7 rings (SSSR count). The second-order valence-corrected chi connectivity index (χ2v) is 10.8. The monoisotopic (exact) mass is 545 g/mol. The van der Waals surface area contributed by atoms with Crippen molar-refractivity contribution < 1.29 is 18.7 Å². The summed E-state index contributed by atoms with van der Waals surface area (Å²) in [5.74, 6) is -3.32. The van der Waals surface area contributed by atoms with Crippen LogP contribution in [-0.4, -0.2) is 56.8 Å². The van der Waals surface area contributed by atoms with Gasteiger partial charge in [0.05, 0.1) is 33.1 Å². The summed E-state index contributed by atoms with van der Waals surface area (Å²) in [6.07, 6.45) is 6.18. The number of carboxylic acid groups (broad SMARTS) is 1. The van der Waals surface area contributed by atoms with Crippen molar-refractivity contribution >= 4 is 50.3 Å². The molecule has 10 nitrogen and oxygen atoms in total. The Labute approximate surface area is 225 Å². The predicted molar refractivity (Wildman–Crippen MR) is 148 cm³/mol. The van der Waals surface area contributed by atoms with Crippen molar-refractivity contribution in [2.45, 2.75) is 18.9 Å². The molecular weight excluding hydrogens is 520 g/mol. The zero-order valence-corrected chi connectivity index (χ0v) is 21.7. The van der Waals surface area contributed by atoms with Crippen LogP contribution in [-0.2, 0) is 7.05 Å². The van der Waals surface area contributed by atoms with E-state index >= 15 is 4.39 Å². The molecule has 12 heteroatoms. The summed E-state index contributed by atoms with van der Waals surface area (Å²) >= 11 is 0. The molecule has 0 amide bonds. The Hall–Kier alpha value is -4.58. The highest BCUT2D eigenvalue weighted by Crippen LogP contribution is 2.54. The van der Waals surface area contributed by atoms with Crippen molar-refractivity contribution in [2.24, 2.45) is 18.2 Å². The molecule has 5 aromatic rings. The van der Waals surface area contributed by atoms with Gasteiger partial charge in [0, 0.05) is 74.4 Å². The number of aromatic amines is 1. The Kier molecular flexibility index (Phi) is 5.02. The average molecular weight is 546 g/mol. The molecule has 1 saturated heterocycles. The van der Waals surface area contributed by atoms with E-state index in [4.69, 9.17) is 5.73 Å². The van der Waals surface area contributed by atoms with Crippen LogP contribution in [0.5, 0.6) is 0 Å². The van der Waals surface area contributed by atoms with Crippen LogP contribution >= 0.6 is 0 Å². The summed E-state index contributed by atoms with van der Waals surface area (Å²) in [5.41, 5.74) is 8.39. The van der Waals surface area contributed by atoms with E-state index in [1.807, 2.05) is 0 Å². The Morgan fingerprint density at radius 3 is 2.70 bits per heavy atom. The number of hydrogen-bond donors (Lipinski definition) is 4. The number of rotatable bonds is 4. The number of aromatic nitrogens is 4. The summed E-state index contributed by atoms with van der Waals surface area (Å²) < 4.78 is 31.8. The molecule has 4 aromatic heterocycles. The quantitative estimate of drug-likeness (QED) is 0.269. The molecule has 1 aromatic carbocycles. The Balaban J connectivity index is 1.56. The SMILES string of the molecule is CNc1cc(F)c(F)c2c1[nH]c1ncc(-c3cnc4c(c3)c(=O)c(C(=O)O)cn4C)c(N3CC[C@@]4(C[C@@H]4N)C3)c12. The molecule has 1 saturated carbocycles. The molecule has 2 aliphatic rings. The number of pyridine rings is 3. The molecule has 40 heavy (non-hydrogen) atoms. The Bertz CT molecular complexity index is 1990. The van der Waals surface area contributed by atoms with Crippen molar-refractivity contribution in [1.82, 2.24) is 19.5 Å². The number of hydrogen-bond acceptors (Lipinski definition) is 7. The number of nitrogens with zero attached hydrogens (tertiary/aromatic N) is 4. The van der Waals surface area contributed by atoms with Crippen LogP contribution in [0.25, 0.3) is 44.1 Å². The van der Waals surface area contributed by atoms with E-state index < -0.39 is 23.0 Å². The third kappa shape index (κ3) is 3.28. The van der Waals surface area contributed by atoms with E-state index in [0.29, 0.717) is 57.8 Å². The van der Waals surface area contributed by atoms with Gasteiger partial charge in [0.1, 0.15) is 16.9 Å². The highest BCUT2D eigenvalue weighted by molar-refractivity contribution is 6.18. The van der Waals surface area contributed by atoms with Gasteiger partial charge in [-0.2, -0.15) is 0 Å². The van der Waals surface area contributed by atoms with E-state index in [1.165, 1.54) is 10.8 Å². The molecule has 1 aliphatic carbocycles. The van der Waals surface area contributed by atoms with Gasteiger partial charge < -0.3 is 30.6 Å². The van der Waals surface area contributed by atoms with Gasteiger partial charge >= 0.3 is 5.97 Å². The molecule has 2 atom stereocenters. The molecule has 5 N–H and O–H groups in total. The van der Waals surface area contributed by atoms with Crippen molar-refractivity contribution in [2.75, 3.05) is 30.4 Å². The largest absolute Gasteiger partial charge is 0.477 e. The third-order valence-corrected chi connectivity index (χ3v) is 8.54. The molecule has 2 fully saturated rings. The van der Waals surface area contributed by atoms with Crippen molar-refractivity contribution in [3.8, 4) is 11.1 Å². The highest BCUT2D eigenvalue weighted by Gasteiger charge is 2.56. The molecule has 0 unspecified atom stereocenters. The molecule has 5 heterocycles. The molecule has 1 aliphatic heterocycles. The highest BCUT2D eigenvalue weighted by atomic mass is 19.2. The molecule has 1 spiro atoms. The molecular formula is C28H25F2N7O3. The first kappa shape index (κ1) is 24.5. The fraction of sp³-hybridized carbons (Fsp3) is 0.286. The van der Waals surface area contributed by atoms with Gasteiger partial charge in [0.25, 0.3) is 0 Å². The van der Waals surface area contributed by atoms with E-state index in [0.717, 1.165) is 18.9 Å². The lowest BCUT2D eigenvalue weighted by molar-refractivity contribution is 0.0695. The van der Waals surface area contributed by atoms with Crippen molar-refractivity contribution in [3.63, 3.8) is 0 Å². The summed E-state index contributed by atoms with van der Waals surface area (Å²) in [6.45, 7) is 1.28. The lowest BCUT2D eigenvalue weighted by Crippen LogP contribution is -2.24. The number of carboxylic acids is 1. The first-order valence-electron chi connectivity index (χ1n) is 12.9. The topological polar surface area (TPSA) is 142 Å². The number of nitrogens with two attached hydrogens (primary N) is 1. The summed E-state index contributed by atoms with van der Waals surface area (Å²) in [7, 11) is 3.24. The zero-order chi connectivity index (χ0) is 28.1. The number of fused-ring (bicyclic) bond motifs is 4. The fourth-order valence-corrected chi connectivity index (χ4v) is 6.28. The minimum absolute atomic E-state index is 0.0349. The van der Waals surface area contributed by atoms with Crippen LogP contribution in [0.3, 0.4) is 0 Å². The number of halogens is 2. The van der Waals surface area contributed by atoms with Crippen LogP contribution in [0.1, 0.15) is 23.2 Å². The first-order chi connectivity index (χ1) is 19.1. The van der Waals surface area contributed by atoms with Gasteiger partial charge in [0.15, 0.2) is 11.6 Å². The molecule has 204 valence electrons. The van der Waals surface area contributed by atoms with Gasteiger partial charge in [-0.05, 0) is 18.9 Å². The summed E-state index contributed by atoms with van der Waals surface area (Å²) in [5, 5.41) is 13.1. The maximum absolute atomic E-state index is 15.5. The first-order valence-corrected chi connectivity index (χ1v) is 12.9. The van der Waals surface area contributed by atoms with E-state index in [1.54, 1.807) is 32.6 Å². The Morgan fingerprint density at radius 1 is 1.25 bits per heavy atom. The lowest BCUT2D eigenvalue weighted by Gasteiger charge is -2.24. The minimum atomic E-state index is -1.34. The smallest absolute Gasteiger partial charge is 0.341 e. The van der Waals surface area contributed by atoms with Crippen LogP contribution in [0.15, 0.2) is 35.5 Å². The van der Waals surface area contributed by atoms with Crippen molar-refractivity contribution in [1.29, 1.82) is 0 Å². The summed E-state index contributed by atoms with van der Waals surface area (Å²) in [4.78, 5) is 39.1. The molecule has 0 radical (unpaired) electrons. The van der Waals surface area contributed by atoms with E-state index in [-0.39, 0.29) is 27.8 Å². The van der Waals surface area contributed by atoms with E-state index in [9.17, 15) is 19.1 Å². The third-order valence-electron chi connectivity index (χ3n) is 8.54. The number of aromatic carboxylic acids is 1. The second kappa shape index (κ2) is 8.21. The zero-order valence-electron chi connectivity index (χ0n) is 21.7.